The highest BCUT2D eigenvalue weighted by atomic mass is 28.4. The molecule has 6 nitrogen and oxygen atoms in total. The van der Waals surface area contributed by atoms with Gasteiger partial charge < -0.3 is 23.1 Å². The van der Waals surface area contributed by atoms with Crippen molar-refractivity contribution in [2.75, 3.05) is 13.7 Å². The Balaban J connectivity index is 2.51. The average molecular weight is 647 g/mol. The van der Waals surface area contributed by atoms with Gasteiger partial charge in [0.15, 0.2) is 16.6 Å². The number of methoxy groups -OCH3 is 1. The first-order chi connectivity index (χ1) is 20.4. The van der Waals surface area contributed by atoms with Gasteiger partial charge in [-0.2, -0.15) is 0 Å². The molecule has 0 fully saturated rings. The van der Waals surface area contributed by atoms with E-state index in [4.69, 9.17) is 18.3 Å². The smallest absolute Gasteiger partial charge is 0.192 e. The number of carbonyl (C=O) groups is 2. The van der Waals surface area contributed by atoms with Gasteiger partial charge in [-0.25, -0.2) is 0 Å². The molecule has 2 atom stereocenters. The van der Waals surface area contributed by atoms with E-state index in [2.05, 4.69) is 79.6 Å². The Morgan fingerprint density at radius 2 is 1.39 bits per heavy atom. The van der Waals surface area contributed by atoms with Crippen molar-refractivity contribution in [2.45, 2.75) is 154 Å². The Morgan fingerprint density at radius 3 is 1.93 bits per heavy atom. The lowest BCUT2D eigenvalue weighted by molar-refractivity contribution is -0.119. The Kier molecular flexibility index (Phi) is 17.4. The molecule has 0 saturated carbocycles. The lowest BCUT2D eigenvalue weighted by atomic mass is 10.1. The van der Waals surface area contributed by atoms with Crippen LogP contribution in [0.5, 0.6) is 5.75 Å². The van der Waals surface area contributed by atoms with Gasteiger partial charge >= 0.3 is 0 Å². The van der Waals surface area contributed by atoms with E-state index in [1.807, 2.05) is 24.3 Å². The molecule has 0 N–H and O–H groups in total. The molecule has 0 aliphatic heterocycles. The zero-order valence-corrected chi connectivity index (χ0v) is 31.8. The van der Waals surface area contributed by atoms with Crippen molar-refractivity contribution >= 4 is 28.7 Å². The van der Waals surface area contributed by atoms with E-state index in [0.717, 1.165) is 49.7 Å². The van der Waals surface area contributed by atoms with Crippen molar-refractivity contribution in [2.24, 2.45) is 0 Å². The standard InChI is InChI=1S/C36H62O6Si2/c1-35(2,3)43(8,9)41-33(25-27-37)20-16-18-31(38)17-14-12-13-15-19-34(42-44(10,11)36(4,5)6)26-28-40-29-30-21-23-32(39-7)24-22-30/h21-24,27,33-34H,14-20,25-26,28-29H2,1-11H3/t33-,34+/m1/s1. The van der Waals surface area contributed by atoms with Gasteiger partial charge in [0.25, 0.3) is 0 Å². The first-order valence-corrected chi connectivity index (χ1v) is 22.2. The Morgan fingerprint density at radius 1 is 0.818 bits per heavy atom. The van der Waals surface area contributed by atoms with Crippen molar-refractivity contribution in [3.8, 4) is 17.6 Å². The summed E-state index contributed by atoms with van der Waals surface area (Å²) in [5, 5.41) is 0.219. The van der Waals surface area contributed by atoms with E-state index in [1.54, 1.807) is 7.11 Å². The first kappa shape index (κ1) is 40.3. The zero-order valence-electron chi connectivity index (χ0n) is 29.8. The molecule has 0 unspecified atom stereocenters. The van der Waals surface area contributed by atoms with E-state index in [1.165, 1.54) is 0 Å². The molecule has 0 aliphatic carbocycles. The maximum Gasteiger partial charge on any atom is 0.192 e. The fourth-order valence-electron chi connectivity index (χ4n) is 4.17. The number of hydrogen-bond donors (Lipinski definition) is 0. The molecule has 8 heteroatoms. The second-order valence-electron chi connectivity index (χ2n) is 14.9. The van der Waals surface area contributed by atoms with E-state index < -0.39 is 16.6 Å². The number of hydrogen-bond acceptors (Lipinski definition) is 6. The maximum absolute atomic E-state index is 12.5. The average Bonchev–Trinajstić information content (AvgIpc) is 2.91. The molecule has 0 saturated heterocycles. The molecule has 1 rings (SSSR count). The number of Topliss-reactive ketones (excluding diaryl/α,β-unsaturated/α-hetero) is 1. The van der Waals surface area contributed by atoms with Crippen LogP contribution < -0.4 is 4.74 Å². The quantitative estimate of drug-likeness (QED) is 0.0609. The Hall–Kier alpha value is -1.77. The lowest BCUT2D eigenvalue weighted by Crippen LogP contribution is -2.44. The van der Waals surface area contributed by atoms with Crippen LogP contribution in [0, 0.1) is 11.8 Å². The summed E-state index contributed by atoms with van der Waals surface area (Å²) in [5.74, 6) is 7.56. The number of aldehydes is 1. The number of rotatable bonds is 20. The predicted octanol–water partition coefficient (Wildman–Crippen LogP) is 9.27. The van der Waals surface area contributed by atoms with Crippen molar-refractivity contribution in [3.05, 3.63) is 29.8 Å². The van der Waals surface area contributed by atoms with Gasteiger partial charge in [0.05, 0.1) is 19.8 Å². The third-order valence-corrected chi connectivity index (χ3v) is 18.2. The van der Waals surface area contributed by atoms with Gasteiger partial charge in [0.2, 0.25) is 0 Å². The third-order valence-electron chi connectivity index (χ3n) is 9.13. The highest BCUT2D eigenvalue weighted by molar-refractivity contribution is 6.74. The van der Waals surface area contributed by atoms with Gasteiger partial charge in [-0.1, -0.05) is 53.7 Å². The summed E-state index contributed by atoms with van der Waals surface area (Å²) in [6.07, 6.45) is 6.78. The van der Waals surface area contributed by atoms with Gasteiger partial charge in [-0.05, 0) is 79.6 Å². The van der Waals surface area contributed by atoms with Gasteiger partial charge in [0.1, 0.15) is 17.8 Å². The second kappa shape index (κ2) is 19.0. The highest BCUT2D eigenvalue weighted by Crippen LogP contribution is 2.39. The summed E-state index contributed by atoms with van der Waals surface area (Å²) in [5.41, 5.74) is 1.12. The molecule has 1 aromatic carbocycles. The van der Waals surface area contributed by atoms with Crippen molar-refractivity contribution in [1.29, 1.82) is 0 Å². The van der Waals surface area contributed by atoms with Crippen LogP contribution in [0.3, 0.4) is 0 Å². The minimum Gasteiger partial charge on any atom is -0.497 e. The van der Waals surface area contributed by atoms with Gasteiger partial charge in [-0.3, -0.25) is 4.79 Å². The third kappa shape index (κ3) is 15.5. The molecule has 1 aromatic rings. The van der Waals surface area contributed by atoms with Crippen LogP contribution in [0.4, 0.5) is 0 Å². The number of ketones is 1. The van der Waals surface area contributed by atoms with E-state index in [-0.39, 0.29) is 28.1 Å². The summed E-state index contributed by atoms with van der Waals surface area (Å²) in [7, 11) is -2.22. The molecular weight excluding hydrogens is 585 g/mol. The Labute approximate surface area is 271 Å². The molecule has 0 aromatic heterocycles. The van der Waals surface area contributed by atoms with Crippen molar-refractivity contribution in [3.63, 3.8) is 0 Å². The highest BCUT2D eigenvalue weighted by Gasteiger charge is 2.40. The van der Waals surface area contributed by atoms with Crippen molar-refractivity contribution < 1.29 is 27.9 Å². The monoisotopic (exact) mass is 646 g/mol. The number of ether oxygens (including phenoxy) is 2. The predicted molar refractivity (Wildman–Crippen MR) is 187 cm³/mol. The summed E-state index contributed by atoms with van der Waals surface area (Å²) in [4.78, 5) is 23.7. The molecule has 0 spiro atoms. The zero-order chi connectivity index (χ0) is 33.4. The van der Waals surface area contributed by atoms with Crippen LogP contribution in [0.1, 0.15) is 105 Å². The first-order valence-electron chi connectivity index (χ1n) is 16.4. The molecule has 0 bridgehead atoms. The second-order valence-corrected chi connectivity index (χ2v) is 24.4. The maximum atomic E-state index is 12.5. The molecule has 0 aliphatic rings. The minimum atomic E-state index is -1.95. The molecule has 44 heavy (non-hydrogen) atoms. The SMILES string of the molecule is COc1ccc(COCC[C@H](CCC#CCCC(=O)CCC[C@H](CC=O)O[Si](C)(C)C(C)(C)C)O[Si](C)(C)C(C)(C)C)cc1. The summed E-state index contributed by atoms with van der Waals surface area (Å²) >= 11 is 0. The van der Waals surface area contributed by atoms with Crippen LogP contribution in [0.2, 0.25) is 36.3 Å². The minimum absolute atomic E-state index is 0.0884. The number of carbonyl (C=O) groups excluding carboxylic acids is 2. The van der Waals surface area contributed by atoms with Crippen LogP contribution in [0.25, 0.3) is 0 Å². The lowest BCUT2D eigenvalue weighted by Gasteiger charge is -2.39. The topological polar surface area (TPSA) is 71.1 Å². The van der Waals surface area contributed by atoms with Crippen LogP contribution >= 0.6 is 0 Å². The Bertz CT molecular complexity index is 1040. The summed E-state index contributed by atoms with van der Waals surface area (Å²) in [6, 6.07) is 7.95. The molecule has 0 heterocycles. The normalized spacial score (nSPS) is 14.0. The van der Waals surface area contributed by atoms with Crippen molar-refractivity contribution in [1.82, 2.24) is 0 Å². The van der Waals surface area contributed by atoms with Gasteiger partial charge in [0, 0.05) is 44.8 Å². The molecule has 250 valence electrons. The van der Waals surface area contributed by atoms with E-state index >= 15 is 0 Å². The summed E-state index contributed by atoms with van der Waals surface area (Å²) < 4.78 is 24.4. The van der Waals surface area contributed by atoms with E-state index in [9.17, 15) is 9.59 Å². The fraction of sp³-hybridized carbons (Fsp3) is 0.722. The number of benzene rings is 1. The summed E-state index contributed by atoms with van der Waals surface area (Å²) in [6.45, 7) is 23.5. The van der Waals surface area contributed by atoms with Crippen LogP contribution in [0.15, 0.2) is 24.3 Å². The van der Waals surface area contributed by atoms with Crippen LogP contribution in [-0.2, 0) is 29.8 Å². The largest absolute Gasteiger partial charge is 0.497 e. The molecule has 0 amide bonds. The molecule has 0 radical (unpaired) electrons. The fourth-order valence-corrected chi connectivity index (χ4v) is 7.00. The van der Waals surface area contributed by atoms with E-state index in [0.29, 0.717) is 38.9 Å². The van der Waals surface area contributed by atoms with Gasteiger partial charge in [-0.15, -0.1) is 11.8 Å². The van der Waals surface area contributed by atoms with Crippen LogP contribution in [-0.4, -0.2) is 54.6 Å². The molecular formula is C36H62O6Si2.